The minimum atomic E-state index is -3.61. The lowest BCUT2D eigenvalue weighted by Gasteiger charge is -2.08. The van der Waals surface area contributed by atoms with Gasteiger partial charge in [-0.15, -0.1) is 0 Å². The Kier molecular flexibility index (Phi) is 5.06. The van der Waals surface area contributed by atoms with Crippen LogP contribution in [0.1, 0.15) is 34.2 Å². The van der Waals surface area contributed by atoms with Crippen LogP contribution >= 0.6 is 0 Å². The molecule has 6 heteroatoms. The first-order valence-electron chi connectivity index (χ1n) is 7.45. The monoisotopic (exact) mass is 334 g/mol. The molecule has 0 amide bonds. The van der Waals surface area contributed by atoms with Crippen molar-refractivity contribution in [2.24, 2.45) is 7.05 Å². The lowest BCUT2D eigenvalue weighted by Crippen LogP contribution is -2.26. The van der Waals surface area contributed by atoms with E-state index in [-0.39, 0.29) is 10.7 Å². The van der Waals surface area contributed by atoms with Gasteiger partial charge < -0.3 is 4.57 Å². The van der Waals surface area contributed by atoms with Gasteiger partial charge in [-0.2, -0.15) is 0 Å². The van der Waals surface area contributed by atoms with Crippen LogP contribution in [0.3, 0.4) is 0 Å². The molecule has 2 rings (SSSR count). The van der Waals surface area contributed by atoms with E-state index < -0.39 is 10.0 Å². The molecule has 0 saturated carbocycles. The number of rotatable bonds is 6. The van der Waals surface area contributed by atoms with E-state index in [9.17, 15) is 13.2 Å². The highest BCUT2D eigenvalue weighted by Gasteiger charge is 2.15. The zero-order valence-corrected chi connectivity index (χ0v) is 14.7. The molecule has 0 aliphatic carbocycles. The normalized spacial score (nSPS) is 11.7. The summed E-state index contributed by atoms with van der Waals surface area (Å²) in [5.41, 5.74) is 3.81. The van der Waals surface area contributed by atoms with Gasteiger partial charge in [0.1, 0.15) is 0 Å². The summed E-state index contributed by atoms with van der Waals surface area (Å²) in [4.78, 5) is 11.5. The second kappa shape index (κ2) is 6.68. The van der Waals surface area contributed by atoms with Gasteiger partial charge in [-0.3, -0.25) is 4.79 Å². The number of hydrogen-bond donors (Lipinski definition) is 1. The molecule has 0 aliphatic heterocycles. The summed E-state index contributed by atoms with van der Waals surface area (Å²) in [6.45, 7) is 5.78. The molecule has 0 unspecified atom stereocenters. The first kappa shape index (κ1) is 17.4. The van der Waals surface area contributed by atoms with Crippen LogP contribution in [0, 0.1) is 13.8 Å². The fraction of sp³-hybridized carbons (Fsp3) is 0.353. The van der Waals surface area contributed by atoms with Gasteiger partial charge in [-0.1, -0.05) is 12.1 Å². The fourth-order valence-electron chi connectivity index (χ4n) is 2.47. The third-order valence-corrected chi connectivity index (χ3v) is 5.58. The molecule has 0 atom stereocenters. The van der Waals surface area contributed by atoms with Gasteiger partial charge in [-0.25, -0.2) is 13.1 Å². The maximum atomic E-state index is 12.3. The van der Waals surface area contributed by atoms with E-state index in [0.29, 0.717) is 18.5 Å². The van der Waals surface area contributed by atoms with Crippen molar-refractivity contribution in [2.45, 2.75) is 32.1 Å². The maximum absolute atomic E-state index is 12.3. The molecule has 1 N–H and O–H groups in total. The van der Waals surface area contributed by atoms with Crippen molar-refractivity contribution < 1.29 is 13.2 Å². The number of aryl methyl sites for hydroxylation is 1. The summed E-state index contributed by atoms with van der Waals surface area (Å²) in [5.74, 6) is -0.155. The van der Waals surface area contributed by atoms with Crippen molar-refractivity contribution in [3.05, 3.63) is 52.8 Å². The van der Waals surface area contributed by atoms with Gasteiger partial charge >= 0.3 is 0 Å². The number of carbonyl (C=O) groups is 1. The van der Waals surface area contributed by atoms with Crippen LogP contribution in [0.2, 0.25) is 0 Å². The van der Waals surface area contributed by atoms with Crippen LogP contribution in [-0.2, 0) is 23.5 Å². The Labute approximate surface area is 137 Å². The number of sulfonamides is 1. The number of nitrogens with one attached hydrogen (secondary N) is 1. The second-order valence-corrected chi connectivity index (χ2v) is 7.45. The Morgan fingerprint density at radius 3 is 2.48 bits per heavy atom. The van der Waals surface area contributed by atoms with E-state index in [2.05, 4.69) is 15.4 Å². The van der Waals surface area contributed by atoms with E-state index >= 15 is 0 Å². The van der Waals surface area contributed by atoms with Crippen molar-refractivity contribution >= 4 is 15.8 Å². The van der Waals surface area contributed by atoms with Gasteiger partial charge in [-0.05, 0) is 51.0 Å². The van der Waals surface area contributed by atoms with Crippen LogP contribution in [0.15, 0.2) is 35.2 Å². The molecular weight excluding hydrogens is 312 g/mol. The fourth-order valence-corrected chi connectivity index (χ4v) is 3.55. The summed E-state index contributed by atoms with van der Waals surface area (Å²) in [6, 6.07) is 8.16. The van der Waals surface area contributed by atoms with Crippen molar-refractivity contribution in [2.75, 3.05) is 6.54 Å². The minimum absolute atomic E-state index is 0.117. The zero-order valence-electron chi connectivity index (χ0n) is 13.9. The highest BCUT2D eigenvalue weighted by atomic mass is 32.2. The number of benzene rings is 1. The van der Waals surface area contributed by atoms with Gasteiger partial charge in [0.2, 0.25) is 10.0 Å². The van der Waals surface area contributed by atoms with Crippen LogP contribution in [-0.4, -0.2) is 25.3 Å². The molecule has 1 aromatic carbocycles. The molecule has 124 valence electrons. The molecule has 0 radical (unpaired) electrons. The first-order chi connectivity index (χ1) is 10.7. The standard InChI is InChI=1S/C17H22N2O3S/c1-12-10-15(13(2)19(12)4)8-9-18-23(21,22)17-7-5-6-16(11-17)14(3)20/h5-7,10-11,18H,8-9H2,1-4H3. The number of Topliss-reactive ketones (excluding diaryl/α,β-unsaturated/α-hetero) is 1. The van der Waals surface area contributed by atoms with E-state index in [1.54, 1.807) is 12.1 Å². The van der Waals surface area contributed by atoms with Crippen molar-refractivity contribution in [1.29, 1.82) is 0 Å². The summed E-state index contributed by atoms with van der Waals surface area (Å²) in [6.07, 6.45) is 0.624. The van der Waals surface area contributed by atoms with Crippen LogP contribution < -0.4 is 4.72 Å². The first-order valence-corrected chi connectivity index (χ1v) is 8.93. The van der Waals surface area contributed by atoms with Gasteiger partial charge in [0.05, 0.1) is 4.90 Å². The summed E-state index contributed by atoms with van der Waals surface area (Å²) in [7, 11) is -1.62. The van der Waals surface area contributed by atoms with Gasteiger partial charge in [0.15, 0.2) is 5.78 Å². The zero-order chi connectivity index (χ0) is 17.2. The van der Waals surface area contributed by atoms with Gasteiger partial charge in [0, 0.05) is 30.5 Å². The molecule has 0 saturated heterocycles. The maximum Gasteiger partial charge on any atom is 0.240 e. The average Bonchev–Trinajstić information content (AvgIpc) is 2.74. The average molecular weight is 334 g/mol. The Hall–Kier alpha value is -1.92. The predicted molar refractivity (Wildman–Crippen MR) is 90.2 cm³/mol. The number of hydrogen-bond acceptors (Lipinski definition) is 3. The lowest BCUT2D eigenvalue weighted by molar-refractivity contribution is 0.101. The topological polar surface area (TPSA) is 68.2 Å². The summed E-state index contributed by atoms with van der Waals surface area (Å²) in [5, 5.41) is 0. The smallest absolute Gasteiger partial charge is 0.240 e. The molecule has 1 heterocycles. The largest absolute Gasteiger partial charge is 0.352 e. The molecule has 0 fully saturated rings. The van der Waals surface area contributed by atoms with Crippen molar-refractivity contribution in [1.82, 2.24) is 9.29 Å². The van der Waals surface area contributed by atoms with Crippen LogP contribution in [0.4, 0.5) is 0 Å². The molecule has 2 aromatic rings. The summed E-state index contributed by atoms with van der Waals surface area (Å²) >= 11 is 0. The summed E-state index contributed by atoms with van der Waals surface area (Å²) < 4.78 is 29.3. The van der Waals surface area contributed by atoms with Crippen molar-refractivity contribution in [3.63, 3.8) is 0 Å². The van der Waals surface area contributed by atoms with Crippen LogP contribution in [0.25, 0.3) is 0 Å². The van der Waals surface area contributed by atoms with E-state index in [4.69, 9.17) is 0 Å². The van der Waals surface area contributed by atoms with E-state index in [1.807, 2.05) is 20.9 Å². The minimum Gasteiger partial charge on any atom is -0.352 e. The Balaban J connectivity index is 2.08. The molecule has 1 aromatic heterocycles. The molecule has 0 aliphatic rings. The Morgan fingerprint density at radius 2 is 1.91 bits per heavy atom. The predicted octanol–water partition coefficient (Wildman–Crippen LogP) is 2.37. The van der Waals surface area contributed by atoms with E-state index in [0.717, 1.165) is 17.0 Å². The highest BCUT2D eigenvalue weighted by molar-refractivity contribution is 7.89. The highest BCUT2D eigenvalue weighted by Crippen LogP contribution is 2.15. The third-order valence-electron chi connectivity index (χ3n) is 4.12. The SMILES string of the molecule is CC(=O)c1cccc(S(=O)(=O)NCCc2cc(C)n(C)c2C)c1. The third kappa shape index (κ3) is 3.89. The second-order valence-electron chi connectivity index (χ2n) is 5.69. The van der Waals surface area contributed by atoms with Gasteiger partial charge in [0.25, 0.3) is 0 Å². The number of ketones is 1. The van der Waals surface area contributed by atoms with Crippen LogP contribution in [0.5, 0.6) is 0 Å². The number of carbonyl (C=O) groups excluding carboxylic acids is 1. The number of aromatic nitrogens is 1. The molecule has 0 bridgehead atoms. The molecule has 0 spiro atoms. The lowest BCUT2D eigenvalue weighted by atomic mass is 10.2. The Bertz CT molecular complexity index is 836. The van der Waals surface area contributed by atoms with E-state index in [1.165, 1.54) is 19.1 Å². The van der Waals surface area contributed by atoms with Crippen molar-refractivity contribution in [3.8, 4) is 0 Å². The quantitative estimate of drug-likeness (QED) is 0.825. The molecular formula is C17H22N2O3S. The molecule has 23 heavy (non-hydrogen) atoms. The number of nitrogens with zero attached hydrogens (tertiary/aromatic N) is 1. The Morgan fingerprint density at radius 1 is 1.22 bits per heavy atom. The molecule has 5 nitrogen and oxygen atoms in total.